The summed E-state index contributed by atoms with van der Waals surface area (Å²) in [5, 5.41) is 8.68. The number of carboxylic acids is 1. The highest BCUT2D eigenvalue weighted by atomic mass is 27.0. The third kappa shape index (κ3) is 6.50. The van der Waals surface area contributed by atoms with Gasteiger partial charge in [0.25, 0.3) is 0 Å². The van der Waals surface area contributed by atoms with Crippen molar-refractivity contribution in [2.75, 3.05) is 0 Å². The zero-order valence-corrected chi connectivity index (χ0v) is 12.9. The maximum Gasteiger partial charge on any atom is 0.311 e. The number of hydrogen-bond donors (Lipinski definition) is 1. The molecule has 0 saturated heterocycles. The summed E-state index contributed by atoms with van der Waals surface area (Å²) in [5.74, 6) is -3.16. The highest BCUT2D eigenvalue weighted by Gasteiger charge is 2.41. The number of carbonyl (C=O) groups excluding carboxylic acids is 1. The quantitative estimate of drug-likeness (QED) is 0.413. The van der Waals surface area contributed by atoms with Crippen LogP contribution in [0.1, 0.15) is 47.5 Å². The van der Waals surface area contributed by atoms with E-state index < -0.39 is 24.0 Å². The average Bonchev–Trinajstić information content (AvgIpc) is 2.13. The Morgan fingerprint density at radius 1 is 1.11 bits per heavy atom. The first kappa shape index (κ1) is 19.9. The van der Waals surface area contributed by atoms with E-state index in [1.54, 1.807) is 34.6 Å². The maximum absolute atomic E-state index is 11.9. The van der Waals surface area contributed by atoms with Crippen molar-refractivity contribution in [1.82, 2.24) is 0 Å². The van der Waals surface area contributed by atoms with Crippen molar-refractivity contribution < 1.29 is 24.2 Å². The lowest BCUT2D eigenvalue weighted by Gasteiger charge is -2.34. The first-order valence-corrected chi connectivity index (χ1v) is 5.84. The molecule has 6 heteroatoms. The van der Waals surface area contributed by atoms with Crippen LogP contribution in [0.2, 0.25) is 0 Å². The van der Waals surface area contributed by atoms with E-state index in [-0.39, 0.29) is 36.0 Å². The number of Topliss-reactive ketones (excluding diaryl/α,β-unsaturated/α-hetero) is 1. The molecule has 0 rings (SSSR count). The molecule has 3 radical (unpaired) electrons. The zero-order chi connectivity index (χ0) is 13.6. The van der Waals surface area contributed by atoms with Gasteiger partial charge in [-0.1, -0.05) is 6.92 Å². The first-order valence-electron chi connectivity index (χ1n) is 5.84. The van der Waals surface area contributed by atoms with Crippen LogP contribution in [-0.2, 0) is 19.1 Å². The Hall–Kier alpha value is -0.408. The summed E-state index contributed by atoms with van der Waals surface area (Å²) in [6, 6.07) is 0. The topological polar surface area (TPSA) is 72.8 Å². The Balaban J connectivity index is 0. The summed E-state index contributed by atoms with van der Waals surface area (Å²) < 4.78 is 11.1. The van der Waals surface area contributed by atoms with Crippen LogP contribution in [0.25, 0.3) is 0 Å². The normalized spacial score (nSPS) is 11.5. The second-order valence-corrected chi connectivity index (χ2v) is 4.43. The van der Waals surface area contributed by atoms with Crippen molar-refractivity contribution in [1.29, 1.82) is 0 Å². The van der Waals surface area contributed by atoms with Gasteiger partial charge in [-0.2, -0.15) is 0 Å². The summed E-state index contributed by atoms with van der Waals surface area (Å²) in [6.45, 7) is 8.86. The van der Waals surface area contributed by atoms with Crippen LogP contribution in [0.15, 0.2) is 0 Å². The number of carbonyl (C=O) groups is 2. The SMILES string of the molecule is CCC(OC(C)C)(OC(C)C)C(=O)CC(=O)O.[Al]. The lowest BCUT2D eigenvalue weighted by Crippen LogP contribution is -2.47. The largest absolute Gasteiger partial charge is 0.481 e. The lowest BCUT2D eigenvalue weighted by atomic mass is 10.0. The minimum atomic E-state index is -1.44. The molecule has 1 N–H and O–H groups in total. The van der Waals surface area contributed by atoms with Gasteiger partial charge in [-0.15, -0.1) is 0 Å². The monoisotopic (exact) mass is 273 g/mol. The predicted octanol–water partition coefficient (Wildman–Crippen LogP) is 1.61. The van der Waals surface area contributed by atoms with Crippen LogP contribution in [0.4, 0.5) is 0 Å². The van der Waals surface area contributed by atoms with E-state index in [0.29, 0.717) is 0 Å². The average molecular weight is 273 g/mol. The highest BCUT2D eigenvalue weighted by Crippen LogP contribution is 2.25. The zero-order valence-electron chi connectivity index (χ0n) is 11.7. The summed E-state index contributed by atoms with van der Waals surface area (Å²) in [4.78, 5) is 22.6. The van der Waals surface area contributed by atoms with E-state index in [1.165, 1.54) is 0 Å². The molecule has 0 spiro atoms. The summed E-state index contributed by atoms with van der Waals surface area (Å²) >= 11 is 0. The van der Waals surface area contributed by atoms with Gasteiger partial charge in [0.05, 0.1) is 12.2 Å². The molecule has 0 atom stereocenters. The van der Waals surface area contributed by atoms with Gasteiger partial charge in [-0.05, 0) is 27.7 Å². The van der Waals surface area contributed by atoms with E-state index in [1.807, 2.05) is 0 Å². The molecule has 0 fully saturated rings. The van der Waals surface area contributed by atoms with Gasteiger partial charge < -0.3 is 14.6 Å². The molecule has 0 unspecified atom stereocenters. The van der Waals surface area contributed by atoms with Gasteiger partial charge in [0.2, 0.25) is 11.6 Å². The lowest BCUT2D eigenvalue weighted by molar-refractivity contribution is -0.256. The molecule has 0 bridgehead atoms. The number of ketones is 1. The van der Waals surface area contributed by atoms with E-state index in [4.69, 9.17) is 14.6 Å². The second kappa shape index (κ2) is 8.65. The van der Waals surface area contributed by atoms with Crippen molar-refractivity contribution >= 4 is 29.1 Å². The predicted molar refractivity (Wildman–Crippen MR) is 68.5 cm³/mol. The molecule has 0 heterocycles. The molecule has 0 saturated carbocycles. The molecule has 0 aromatic heterocycles. The van der Waals surface area contributed by atoms with Gasteiger partial charge >= 0.3 is 5.97 Å². The minimum absolute atomic E-state index is 0. The molecule has 0 aliphatic rings. The molecule has 0 aliphatic carbocycles. The molecule has 0 amide bonds. The van der Waals surface area contributed by atoms with Crippen LogP contribution in [0.3, 0.4) is 0 Å². The third-order valence-corrected chi connectivity index (χ3v) is 2.05. The van der Waals surface area contributed by atoms with Gasteiger partial charge in [-0.3, -0.25) is 9.59 Å². The smallest absolute Gasteiger partial charge is 0.311 e. The van der Waals surface area contributed by atoms with Crippen molar-refractivity contribution in [2.24, 2.45) is 0 Å². The Morgan fingerprint density at radius 3 is 1.72 bits per heavy atom. The number of ether oxygens (including phenoxy) is 2. The van der Waals surface area contributed by atoms with Crippen LogP contribution >= 0.6 is 0 Å². The minimum Gasteiger partial charge on any atom is -0.481 e. The maximum atomic E-state index is 11.9. The number of aliphatic carboxylic acids is 1. The van der Waals surface area contributed by atoms with E-state index in [2.05, 4.69) is 0 Å². The van der Waals surface area contributed by atoms with Gasteiger partial charge in [0.15, 0.2) is 0 Å². The summed E-state index contributed by atoms with van der Waals surface area (Å²) in [6.07, 6.45) is -0.735. The van der Waals surface area contributed by atoms with Crippen molar-refractivity contribution in [3.8, 4) is 0 Å². The van der Waals surface area contributed by atoms with Crippen LogP contribution < -0.4 is 0 Å². The van der Waals surface area contributed by atoms with Crippen LogP contribution in [0, 0.1) is 0 Å². The van der Waals surface area contributed by atoms with E-state index in [0.717, 1.165) is 0 Å². The van der Waals surface area contributed by atoms with Gasteiger partial charge in [0.1, 0.15) is 6.42 Å². The molecule has 0 aromatic carbocycles. The fourth-order valence-corrected chi connectivity index (χ4v) is 1.56. The van der Waals surface area contributed by atoms with Gasteiger partial charge in [0, 0.05) is 23.8 Å². The van der Waals surface area contributed by atoms with Crippen LogP contribution in [-0.4, -0.2) is 52.2 Å². The molecular weight excluding hydrogens is 251 g/mol. The highest BCUT2D eigenvalue weighted by molar-refractivity contribution is 5.98. The molecule has 5 nitrogen and oxygen atoms in total. The summed E-state index contributed by atoms with van der Waals surface area (Å²) in [5.41, 5.74) is 0. The standard InChI is InChI=1S/C12H22O5.Al/c1-6-12(16-8(2)3,17-9(4)5)10(13)7-11(14)15;/h8-9H,6-7H2,1-5H3,(H,14,15);. The Kier molecular flexibility index (Phi) is 9.58. The number of rotatable bonds is 8. The summed E-state index contributed by atoms with van der Waals surface area (Å²) in [7, 11) is 0. The molecule has 18 heavy (non-hydrogen) atoms. The fourth-order valence-electron chi connectivity index (χ4n) is 1.56. The molecule has 103 valence electrons. The number of hydrogen-bond acceptors (Lipinski definition) is 4. The molecule has 0 aliphatic heterocycles. The van der Waals surface area contributed by atoms with E-state index >= 15 is 0 Å². The van der Waals surface area contributed by atoms with Crippen molar-refractivity contribution in [3.63, 3.8) is 0 Å². The Bertz CT molecular complexity index is 266. The van der Waals surface area contributed by atoms with Gasteiger partial charge in [-0.25, -0.2) is 0 Å². The van der Waals surface area contributed by atoms with Crippen molar-refractivity contribution in [3.05, 3.63) is 0 Å². The van der Waals surface area contributed by atoms with E-state index in [9.17, 15) is 9.59 Å². The second-order valence-electron chi connectivity index (χ2n) is 4.43. The Morgan fingerprint density at radius 2 is 1.50 bits per heavy atom. The van der Waals surface area contributed by atoms with Crippen molar-refractivity contribution in [2.45, 2.75) is 65.5 Å². The number of carboxylic acid groups (broad SMARTS) is 1. The van der Waals surface area contributed by atoms with Crippen LogP contribution in [0.5, 0.6) is 0 Å². The third-order valence-electron chi connectivity index (χ3n) is 2.05. The Labute approximate surface area is 119 Å². The first-order chi connectivity index (χ1) is 7.73. The molecular formula is C12H22AlO5. The molecule has 0 aromatic rings. The fraction of sp³-hybridized carbons (Fsp3) is 0.833.